The van der Waals surface area contributed by atoms with Crippen molar-refractivity contribution < 1.29 is 91.1 Å². The number of carbonyl (C=O) groups is 7. The van der Waals surface area contributed by atoms with E-state index >= 15 is 0 Å². The van der Waals surface area contributed by atoms with Crippen molar-refractivity contribution in [3.63, 3.8) is 0 Å². The molecule has 0 bridgehead atoms. The summed E-state index contributed by atoms with van der Waals surface area (Å²) in [5.74, 6) is -5.54. The van der Waals surface area contributed by atoms with Crippen LogP contribution in [-0.4, -0.2) is 130 Å². The number of carbonyl (C=O) groups excluding carboxylic acids is 6. The highest BCUT2D eigenvalue weighted by Crippen LogP contribution is 2.42. The molecule has 22 heteroatoms. The van der Waals surface area contributed by atoms with Crippen LogP contribution in [0.5, 0.6) is 0 Å². The fourth-order valence-electron chi connectivity index (χ4n) is 13.5. The van der Waals surface area contributed by atoms with Gasteiger partial charge in [-0.2, -0.15) is 0 Å². The van der Waals surface area contributed by atoms with Crippen LogP contribution in [-0.2, 0) is 71.1 Å². The Bertz CT molecular complexity index is 2170. The largest absolute Gasteiger partial charge is 0.480 e. The number of carboxylic acids is 1. The quantitative estimate of drug-likeness (QED) is 0.0143. The summed E-state index contributed by atoms with van der Waals surface area (Å²) in [4.78, 5) is 118. The van der Waals surface area contributed by atoms with E-state index in [1.54, 1.807) is 0 Å². The van der Waals surface area contributed by atoms with E-state index in [2.05, 4.69) is 52.2 Å². The van der Waals surface area contributed by atoms with E-state index in [9.17, 15) is 58.1 Å². The van der Waals surface area contributed by atoms with Gasteiger partial charge in [0.2, 0.25) is 11.8 Å². The summed E-state index contributed by atoms with van der Waals surface area (Å²) in [5, 5.41) is 26.9. The molecule has 1 fully saturated rings. The molecule has 2 amide bonds. The van der Waals surface area contributed by atoms with E-state index in [-0.39, 0.29) is 32.1 Å². The molecule has 0 aromatic carbocycles. The maximum Gasteiger partial charge on any atom is 0.470 e. The van der Waals surface area contributed by atoms with Gasteiger partial charge in [0.15, 0.2) is 18.4 Å². The molecule has 604 valence electrons. The summed E-state index contributed by atoms with van der Waals surface area (Å²) in [5.41, 5.74) is 0. The molecule has 9 atom stereocenters. The van der Waals surface area contributed by atoms with Gasteiger partial charge in [-0.25, -0.2) is 9.36 Å². The predicted molar refractivity (Wildman–Crippen MR) is 407 cm³/mol. The normalized spacial score (nSPS) is 17.3. The van der Waals surface area contributed by atoms with Crippen LogP contribution in [0, 0.1) is 0 Å². The monoisotopic (exact) mass is 1490 g/mol. The van der Waals surface area contributed by atoms with Crippen LogP contribution in [0.1, 0.15) is 408 Å². The number of ether oxygens (including phenoxy) is 6. The molecule has 1 aliphatic heterocycles. The number of rotatable bonds is 73. The number of nitrogens with one attached hydrogen (secondary N) is 2. The highest BCUT2D eigenvalue weighted by Gasteiger charge is 2.52. The fourth-order valence-corrected chi connectivity index (χ4v) is 14.1. The van der Waals surface area contributed by atoms with Gasteiger partial charge < -0.3 is 59.1 Å². The molecule has 0 saturated carbocycles. The molecule has 1 rings (SSSR count). The molecular weight excluding hydrogens is 1340 g/mol. The second-order valence-electron chi connectivity index (χ2n) is 29.5. The lowest BCUT2D eigenvalue weighted by Gasteiger charge is -2.45. The van der Waals surface area contributed by atoms with Gasteiger partial charge in [-0.05, 0) is 57.8 Å². The Kier molecular flexibility index (Phi) is 62.8. The van der Waals surface area contributed by atoms with Crippen molar-refractivity contribution in [1.82, 2.24) is 10.6 Å². The Morgan fingerprint density at radius 3 is 1.01 bits per heavy atom. The summed E-state index contributed by atoms with van der Waals surface area (Å²) < 4.78 is 54.9. The zero-order valence-electron chi connectivity index (χ0n) is 65.8. The molecule has 1 saturated heterocycles. The molecule has 0 radical (unpaired) electrons. The molecule has 1 aliphatic rings. The molecular formula is C81H151N2O19P. The summed E-state index contributed by atoms with van der Waals surface area (Å²) in [6.07, 6.45) is 38.1. The molecule has 103 heavy (non-hydrogen) atoms. The molecule has 1 heterocycles. The minimum atomic E-state index is -5.56. The van der Waals surface area contributed by atoms with E-state index in [0.717, 1.165) is 225 Å². The van der Waals surface area contributed by atoms with Gasteiger partial charge in [-0.3, -0.25) is 33.3 Å². The number of amides is 2. The summed E-state index contributed by atoms with van der Waals surface area (Å²) in [6, 6.07) is -3.60. The van der Waals surface area contributed by atoms with Gasteiger partial charge in [0.05, 0.1) is 32.5 Å². The number of hydrogen-bond acceptors (Lipinski definition) is 16. The lowest BCUT2D eigenvalue weighted by Crippen LogP contribution is -2.66. The highest BCUT2D eigenvalue weighted by molar-refractivity contribution is 7.46. The van der Waals surface area contributed by atoms with Crippen molar-refractivity contribution in [2.24, 2.45) is 0 Å². The maximum atomic E-state index is 14.8. The van der Waals surface area contributed by atoms with Crippen LogP contribution in [0.15, 0.2) is 0 Å². The Hall–Kier alpha value is -3.72. The Balaban J connectivity index is 3.85. The molecule has 21 nitrogen and oxygen atoms in total. The number of phosphoric acid groups is 1. The zero-order chi connectivity index (χ0) is 75.8. The van der Waals surface area contributed by atoms with E-state index < -0.39 is 131 Å². The van der Waals surface area contributed by atoms with Gasteiger partial charge in [-0.15, -0.1) is 0 Å². The number of phosphoric ester groups is 1. The number of aliphatic carboxylic acids is 1. The summed E-state index contributed by atoms with van der Waals surface area (Å²) in [7, 11) is -5.56. The summed E-state index contributed by atoms with van der Waals surface area (Å²) >= 11 is 0. The third-order valence-corrected chi connectivity index (χ3v) is 20.2. The number of hydrogen-bond donors (Lipinski definition) is 6. The number of aliphatic hydroxyl groups excluding tert-OH is 1. The third-order valence-electron chi connectivity index (χ3n) is 19.7. The Labute approximate surface area is 624 Å². The number of esters is 4. The molecule has 0 spiro atoms. The average Bonchev–Trinajstić information content (AvgIpc) is 0.781. The fraction of sp³-hybridized carbons (Fsp3) is 0.914. The predicted octanol–water partition coefficient (Wildman–Crippen LogP) is 19.3. The minimum Gasteiger partial charge on any atom is -0.480 e. The van der Waals surface area contributed by atoms with Gasteiger partial charge in [0.1, 0.15) is 36.6 Å². The van der Waals surface area contributed by atoms with Crippen molar-refractivity contribution in [1.29, 1.82) is 0 Å². The standard InChI is InChI=1S/C81H151N2O19P/c1-7-13-19-25-31-34-40-43-49-55-66(97-73(87)58-52-46-37-28-22-16-10-4)61-71(85)82-69(80(91)92)65-96-81-77(83-72(86)62-67(56-50-44-41-35-32-26-20-14-8-2)98-74(88)59-53-47-38-29-23-17-11-5)79(78(70(64-84)100-81)102-103(93,94)95)101-76(90)63-68(57-51-45-42-36-33-27-21-15-9-3)99-75(89)60-54-48-39-30-24-18-12-6/h66-70,77-79,81,84H,7-65H2,1-6H3,(H,82,85)(H,83,86)(H,91,92)(H2,93,94,95)/t66?,67-,68?,69-,70?,77?,78?,79?,81?/m1/s1. The topological polar surface area (TPSA) is 306 Å². The first-order valence-electron chi connectivity index (χ1n) is 42.1. The molecule has 0 aromatic heterocycles. The van der Waals surface area contributed by atoms with Gasteiger partial charge in [0.25, 0.3) is 0 Å². The highest BCUT2D eigenvalue weighted by atomic mass is 31.2. The first-order chi connectivity index (χ1) is 49.8. The van der Waals surface area contributed by atoms with Crippen LogP contribution in [0.25, 0.3) is 0 Å². The van der Waals surface area contributed by atoms with Crippen molar-refractivity contribution in [2.45, 2.75) is 463 Å². The van der Waals surface area contributed by atoms with Crippen molar-refractivity contribution in [3.05, 3.63) is 0 Å². The molecule has 0 aromatic rings. The van der Waals surface area contributed by atoms with Crippen molar-refractivity contribution >= 4 is 49.5 Å². The molecule has 6 N–H and O–H groups in total. The molecule has 0 aliphatic carbocycles. The SMILES string of the molecule is CCCCCCCCCCCC(CC(=O)N[C@H](COC1OC(CO)C(OP(=O)(O)O)C(OC(=O)CC(CCCCCCCCCCC)OC(=O)CCCCCCCCC)C1NC(=O)C[C@@H](CCCCCCCCCCC)OC(=O)CCCCCCCCC)C(=O)O)OC(=O)CCCCCCCCC. The smallest absolute Gasteiger partial charge is 0.470 e. The Morgan fingerprint density at radius 1 is 0.398 bits per heavy atom. The first-order valence-corrected chi connectivity index (χ1v) is 43.6. The zero-order valence-corrected chi connectivity index (χ0v) is 66.7. The number of aliphatic hydroxyl groups is 1. The van der Waals surface area contributed by atoms with Crippen molar-refractivity contribution in [3.8, 4) is 0 Å². The second-order valence-corrected chi connectivity index (χ2v) is 30.7. The van der Waals surface area contributed by atoms with E-state index in [0.29, 0.717) is 51.4 Å². The lowest BCUT2D eigenvalue weighted by molar-refractivity contribution is -0.272. The lowest BCUT2D eigenvalue weighted by atomic mass is 9.95. The maximum absolute atomic E-state index is 14.8. The van der Waals surface area contributed by atoms with E-state index in [4.69, 9.17) is 32.9 Å². The molecule has 7 unspecified atom stereocenters. The van der Waals surface area contributed by atoms with Gasteiger partial charge in [-0.1, -0.05) is 311 Å². The average molecular weight is 1490 g/mol. The van der Waals surface area contributed by atoms with Gasteiger partial charge >= 0.3 is 37.7 Å². The van der Waals surface area contributed by atoms with Crippen LogP contribution < -0.4 is 10.6 Å². The number of carboxylic acid groups (broad SMARTS) is 1. The Morgan fingerprint density at radius 2 is 0.699 bits per heavy atom. The van der Waals surface area contributed by atoms with E-state index in [1.165, 1.54) is 44.9 Å². The van der Waals surface area contributed by atoms with Crippen molar-refractivity contribution in [2.75, 3.05) is 13.2 Å². The minimum absolute atomic E-state index is 0.125. The third kappa shape index (κ3) is 55.4. The van der Waals surface area contributed by atoms with Crippen LogP contribution in [0.2, 0.25) is 0 Å². The van der Waals surface area contributed by atoms with E-state index in [1.807, 2.05) is 0 Å². The van der Waals surface area contributed by atoms with Gasteiger partial charge in [0, 0.05) is 19.3 Å². The second kappa shape index (κ2) is 66.5. The van der Waals surface area contributed by atoms with Crippen LogP contribution in [0.4, 0.5) is 0 Å². The van der Waals surface area contributed by atoms with Crippen LogP contribution in [0.3, 0.4) is 0 Å². The summed E-state index contributed by atoms with van der Waals surface area (Å²) in [6.45, 7) is 11.1. The first kappa shape index (κ1) is 97.3. The number of unbranched alkanes of at least 4 members (excludes halogenated alkanes) is 42. The van der Waals surface area contributed by atoms with Crippen LogP contribution >= 0.6 is 7.82 Å².